The van der Waals surface area contributed by atoms with Gasteiger partial charge in [0.05, 0.1) is 17.3 Å². The fraction of sp³-hybridized carbons (Fsp3) is 0.222. The Morgan fingerprint density at radius 3 is 3.00 bits per heavy atom. The van der Waals surface area contributed by atoms with Gasteiger partial charge in [0.25, 0.3) is 0 Å². The predicted molar refractivity (Wildman–Crippen MR) is 54.4 cm³/mol. The number of H-pyrrole nitrogens is 1. The van der Waals surface area contributed by atoms with Crippen LogP contribution in [0.5, 0.6) is 0 Å². The van der Waals surface area contributed by atoms with Crippen LogP contribution in [0.15, 0.2) is 22.7 Å². The molecular formula is C9H9BrN2O. The molecule has 0 amide bonds. The normalized spacial score (nSPS) is 13.5. The smallest absolute Gasteiger partial charge is 0.0936 e. The van der Waals surface area contributed by atoms with E-state index in [1.165, 1.54) is 0 Å². The summed E-state index contributed by atoms with van der Waals surface area (Å²) in [5.74, 6) is 0. The number of fused-ring (bicyclic) bond motifs is 1. The van der Waals surface area contributed by atoms with Gasteiger partial charge in [-0.05, 0) is 19.1 Å². The number of hydrogen-bond donors (Lipinski definition) is 2. The number of halogens is 1. The van der Waals surface area contributed by atoms with Crippen molar-refractivity contribution in [2.45, 2.75) is 13.0 Å². The monoisotopic (exact) mass is 240 g/mol. The molecule has 4 heteroatoms. The van der Waals surface area contributed by atoms with Crippen LogP contribution in [0.2, 0.25) is 0 Å². The molecule has 1 aromatic carbocycles. The van der Waals surface area contributed by atoms with Crippen molar-refractivity contribution >= 4 is 26.8 Å². The second-order valence-corrected chi connectivity index (χ2v) is 3.80. The number of aromatic amines is 1. The molecule has 2 aromatic rings. The molecular weight excluding hydrogens is 232 g/mol. The van der Waals surface area contributed by atoms with E-state index in [0.29, 0.717) is 0 Å². The van der Waals surface area contributed by atoms with Crippen molar-refractivity contribution in [2.75, 3.05) is 0 Å². The van der Waals surface area contributed by atoms with Crippen molar-refractivity contribution in [3.8, 4) is 0 Å². The zero-order valence-corrected chi connectivity index (χ0v) is 8.67. The summed E-state index contributed by atoms with van der Waals surface area (Å²) in [4.78, 5) is 0. The number of aliphatic hydroxyl groups is 1. The first kappa shape index (κ1) is 8.72. The lowest BCUT2D eigenvalue weighted by Crippen LogP contribution is -1.91. The minimum atomic E-state index is -0.524. The summed E-state index contributed by atoms with van der Waals surface area (Å²) in [5.41, 5.74) is 1.62. The summed E-state index contributed by atoms with van der Waals surface area (Å²) >= 11 is 3.42. The van der Waals surface area contributed by atoms with Crippen LogP contribution in [-0.2, 0) is 0 Å². The van der Waals surface area contributed by atoms with Crippen LogP contribution in [0.3, 0.4) is 0 Å². The number of rotatable bonds is 1. The van der Waals surface area contributed by atoms with Crippen LogP contribution >= 0.6 is 15.9 Å². The Morgan fingerprint density at radius 1 is 1.54 bits per heavy atom. The minimum Gasteiger partial charge on any atom is -0.387 e. The zero-order chi connectivity index (χ0) is 9.42. The van der Waals surface area contributed by atoms with E-state index < -0.39 is 6.10 Å². The fourth-order valence-corrected chi connectivity index (χ4v) is 1.92. The Balaban J connectivity index is 2.79. The van der Waals surface area contributed by atoms with Crippen LogP contribution in [0.25, 0.3) is 10.9 Å². The van der Waals surface area contributed by atoms with Gasteiger partial charge >= 0.3 is 0 Å². The fourth-order valence-electron chi connectivity index (χ4n) is 1.35. The predicted octanol–water partition coefficient (Wildman–Crippen LogP) is 2.38. The van der Waals surface area contributed by atoms with Gasteiger partial charge < -0.3 is 5.11 Å². The van der Waals surface area contributed by atoms with Gasteiger partial charge in [0, 0.05) is 9.86 Å². The number of benzene rings is 1. The van der Waals surface area contributed by atoms with Crippen LogP contribution in [0.4, 0.5) is 0 Å². The standard InChI is InChI=1S/C9H9BrN2O/c1-5(13)9-8-6(10)3-2-4-7(8)11-12-9/h2-5,13H,1H3,(H,11,12). The van der Waals surface area contributed by atoms with Crippen molar-refractivity contribution in [3.63, 3.8) is 0 Å². The summed E-state index contributed by atoms with van der Waals surface area (Å²) < 4.78 is 0.953. The molecule has 1 atom stereocenters. The lowest BCUT2D eigenvalue weighted by atomic mass is 10.1. The number of nitrogens with one attached hydrogen (secondary N) is 1. The molecule has 0 aliphatic rings. The van der Waals surface area contributed by atoms with Crippen molar-refractivity contribution in [3.05, 3.63) is 28.4 Å². The summed E-state index contributed by atoms with van der Waals surface area (Å²) in [6.07, 6.45) is -0.524. The number of aromatic nitrogens is 2. The molecule has 1 aromatic heterocycles. The van der Waals surface area contributed by atoms with E-state index in [-0.39, 0.29) is 0 Å². The maximum atomic E-state index is 9.44. The highest BCUT2D eigenvalue weighted by Crippen LogP contribution is 2.28. The molecule has 0 radical (unpaired) electrons. The molecule has 68 valence electrons. The largest absolute Gasteiger partial charge is 0.387 e. The average Bonchev–Trinajstić information content (AvgIpc) is 2.49. The summed E-state index contributed by atoms with van der Waals surface area (Å²) in [7, 11) is 0. The molecule has 0 saturated carbocycles. The quantitative estimate of drug-likeness (QED) is 0.805. The third kappa shape index (κ3) is 1.36. The summed E-state index contributed by atoms with van der Waals surface area (Å²) in [6, 6.07) is 5.76. The van der Waals surface area contributed by atoms with Crippen LogP contribution < -0.4 is 0 Å². The number of aliphatic hydroxyl groups excluding tert-OH is 1. The minimum absolute atomic E-state index is 0.524. The van der Waals surface area contributed by atoms with Gasteiger partial charge in [0.2, 0.25) is 0 Å². The van der Waals surface area contributed by atoms with Crippen molar-refractivity contribution in [2.24, 2.45) is 0 Å². The zero-order valence-electron chi connectivity index (χ0n) is 7.08. The molecule has 0 saturated heterocycles. The molecule has 0 aliphatic heterocycles. The van der Waals surface area contributed by atoms with E-state index in [1.807, 2.05) is 18.2 Å². The molecule has 1 unspecified atom stereocenters. The maximum absolute atomic E-state index is 9.44. The van der Waals surface area contributed by atoms with Crippen molar-refractivity contribution < 1.29 is 5.11 Å². The topological polar surface area (TPSA) is 48.9 Å². The third-order valence-corrected chi connectivity index (χ3v) is 2.64. The Labute approximate surface area is 83.9 Å². The van der Waals surface area contributed by atoms with E-state index in [0.717, 1.165) is 21.1 Å². The highest BCUT2D eigenvalue weighted by molar-refractivity contribution is 9.10. The van der Waals surface area contributed by atoms with Crippen LogP contribution in [-0.4, -0.2) is 15.3 Å². The number of hydrogen-bond acceptors (Lipinski definition) is 2. The molecule has 13 heavy (non-hydrogen) atoms. The van der Waals surface area contributed by atoms with Gasteiger partial charge in [-0.2, -0.15) is 5.10 Å². The van der Waals surface area contributed by atoms with Gasteiger partial charge in [-0.25, -0.2) is 0 Å². The molecule has 2 rings (SSSR count). The van der Waals surface area contributed by atoms with Crippen LogP contribution in [0.1, 0.15) is 18.7 Å². The SMILES string of the molecule is CC(O)c1[nH]nc2cccc(Br)c12. The molecule has 0 fully saturated rings. The Morgan fingerprint density at radius 2 is 2.31 bits per heavy atom. The Hall–Kier alpha value is -0.870. The van der Waals surface area contributed by atoms with Crippen LogP contribution in [0, 0.1) is 0 Å². The first-order chi connectivity index (χ1) is 6.20. The molecule has 0 spiro atoms. The van der Waals surface area contributed by atoms with Gasteiger partial charge in [-0.1, -0.05) is 22.0 Å². The van der Waals surface area contributed by atoms with E-state index in [1.54, 1.807) is 6.92 Å². The van der Waals surface area contributed by atoms with E-state index in [4.69, 9.17) is 0 Å². The van der Waals surface area contributed by atoms with Gasteiger partial charge in [0.15, 0.2) is 0 Å². The highest BCUT2D eigenvalue weighted by atomic mass is 79.9. The first-order valence-electron chi connectivity index (χ1n) is 4.00. The Kier molecular flexibility index (Phi) is 2.09. The maximum Gasteiger partial charge on any atom is 0.0936 e. The molecule has 3 nitrogen and oxygen atoms in total. The van der Waals surface area contributed by atoms with Gasteiger partial charge in [-0.3, -0.25) is 5.10 Å². The highest BCUT2D eigenvalue weighted by Gasteiger charge is 2.11. The summed E-state index contributed by atoms with van der Waals surface area (Å²) in [5, 5.41) is 17.3. The first-order valence-corrected chi connectivity index (χ1v) is 4.80. The van der Waals surface area contributed by atoms with Crippen molar-refractivity contribution in [1.29, 1.82) is 0 Å². The number of nitrogens with zero attached hydrogens (tertiary/aromatic N) is 1. The van der Waals surface area contributed by atoms with Crippen molar-refractivity contribution in [1.82, 2.24) is 10.2 Å². The third-order valence-electron chi connectivity index (χ3n) is 1.98. The molecule has 0 aliphatic carbocycles. The summed E-state index contributed by atoms with van der Waals surface area (Å²) in [6.45, 7) is 1.71. The lowest BCUT2D eigenvalue weighted by molar-refractivity contribution is 0.195. The van der Waals surface area contributed by atoms with Gasteiger partial charge in [0.1, 0.15) is 0 Å². The molecule has 1 heterocycles. The van der Waals surface area contributed by atoms with Gasteiger partial charge in [-0.15, -0.1) is 0 Å². The van der Waals surface area contributed by atoms with E-state index in [9.17, 15) is 5.11 Å². The average molecular weight is 241 g/mol. The van der Waals surface area contributed by atoms with E-state index in [2.05, 4.69) is 26.1 Å². The second kappa shape index (κ2) is 3.12. The Bertz CT molecular complexity index is 436. The molecule has 2 N–H and O–H groups in total. The van der Waals surface area contributed by atoms with E-state index >= 15 is 0 Å². The lowest BCUT2D eigenvalue weighted by Gasteiger charge is -2.01. The molecule has 0 bridgehead atoms. The second-order valence-electron chi connectivity index (χ2n) is 2.95.